The van der Waals surface area contributed by atoms with Crippen LogP contribution in [0.4, 0.5) is 11.6 Å². The minimum atomic E-state index is 0.117. The monoisotopic (exact) mass is 291 g/mol. The Balaban J connectivity index is 2.94. The van der Waals surface area contributed by atoms with Gasteiger partial charge in [0, 0.05) is 19.7 Å². The molecule has 1 heterocycles. The Bertz CT molecular complexity index is 399. The smallest absolute Gasteiger partial charge is 0.147 e. The van der Waals surface area contributed by atoms with E-state index < -0.39 is 0 Å². The molecular weight excluding hydrogens is 273 g/mol. The molecule has 0 aliphatic rings. The molecule has 0 bridgehead atoms. The number of rotatable bonds is 6. The Hall–Kier alpha value is -0.710. The molecule has 102 valence electrons. The number of aliphatic hydroxyl groups excluding tert-OH is 1. The third kappa shape index (κ3) is 3.90. The van der Waals surface area contributed by atoms with E-state index in [1.165, 1.54) is 0 Å². The highest BCUT2D eigenvalue weighted by molar-refractivity contribution is 6.37. The molecule has 1 atom stereocenters. The topological polar surface area (TPSA) is 57.2 Å². The average molecular weight is 292 g/mol. The molecule has 1 aromatic rings. The fraction of sp³-hybridized carbons (Fsp3) is 0.583. The molecule has 0 aliphatic carbocycles. The highest BCUT2D eigenvalue weighted by Gasteiger charge is 2.16. The van der Waals surface area contributed by atoms with Gasteiger partial charge >= 0.3 is 0 Å². The number of hydrogen-bond donors (Lipinski definition) is 3. The summed E-state index contributed by atoms with van der Waals surface area (Å²) in [4.78, 5) is 4.33. The number of nitrogens with zero attached hydrogens (tertiary/aromatic N) is 1. The standard InChI is InChI=1S/C12H19Cl2N3O/c1-7(2)10(4-5-18)16-12-9(14)6-8(13)11(15-3)17-12/h6-7,10,18H,4-5H2,1-3H3,(H2,15,16,17). The quantitative estimate of drug-likeness (QED) is 0.753. The fourth-order valence-electron chi connectivity index (χ4n) is 1.63. The third-order valence-electron chi connectivity index (χ3n) is 2.73. The van der Waals surface area contributed by atoms with Crippen molar-refractivity contribution in [1.29, 1.82) is 0 Å². The minimum Gasteiger partial charge on any atom is -0.396 e. The van der Waals surface area contributed by atoms with Gasteiger partial charge in [0.05, 0.1) is 10.0 Å². The van der Waals surface area contributed by atoms with Crippen molar-refractivity contribution in [3.63, 3.8) is 0 Å². The van der Waals surface area contributed by atoms with E-state index in [1.54, 1.807) is 13.1 Å². The summed E-state index contributed by atoms with van der Waals surface area (Å²) in [6.45, 7) is 4.28. The van der Waals surface area contributed by atoms with E-state index in [-0.39, 0.29) is 12.6 Å². The summed E-state index contributed by atoms with van der Waals surface area (Å²) in [6.07, 6.45) is 0.646. The number of aromatic nitrogens is 1. The Morgan fingerprint density at radius 1 is 1.28 bits per heavy atom. The van der Waals surface area contributed by atoms with Crippen LogP contribution in [0, 0.1) is 5.92 Å². The van der Waals surface area contributed by atoms with Crippen molar-refractivity contribution < 1.29 is 5.11 Å². The molecule has 0 saturated heterocycles. The molecule has 0 aromatic carbocycles. The van der Waals surface area contributed by atoms with Crippen molar-refractivity contribution in [2.24, 2.45) is 5.92 Å². The summed E-state index contributed by atoms with van der Waals surface area (Å²) in [6, 6.07) is 1.77. The average Bonchev–Trinajstić information content (AvgIpc) is 2.31. The van der Waals surface area contributed by atoms with Gasteiger partial charge in [-0.25, -0.2) is 4.98 Å². The summed E-state index contributed by atoms with van der Waals surface area (Å²) >= 11 is 12.1. The van der Waals surface area contributed by atoms with Gasteiger partial charge in [0.25, 0.3) is 0 Å². The molecule has 0 spiro atoms. The highest BCUT2D eigenvalue weighted by atomic mass is 35.5. The third-order valence-corrected chi connectivity index (χ3v) is 3.31. The van der Waals surface area contributed by atoms with Crippen LogP contribution in [0.1, 0.15) is 20.3 Å². The predicted octanol–water partition coefficient (Wildman–Crippen LogP) is 3.25. The molecule has 1 aromatic heterocycles. The van der Waals surface area contributed by atoms with E-state index in [4.69, 9.17) is 28.3 Å². The zero-order valence-electron chi connectivity index (χ0n) is 10.8. The van der Waals surface area contributed by atoms with Crippen LogP contribution in [0.15, 0.2) is 6.07 Å². The molecule has 18 heavy (non-hydrogen) atoms. The van der Waals surface area contributed by atoms with Gasteiger partial charge in [-0.1, -0.05) is 37.0 Å². The maximum Gasteiger partial charge on any atom is 0.147 e. The van der Waals surface area contributed by atoms with E-state index in [0.29, 0.717) is 34.0 Å². The van der Waals surface area contributed by atoms with Crippen LogP contribution in [0.3, 0.4) is 0 Å². The lowest BCUT2D eigenvalue weighted by Crippen LogP contribution is -2.27. The van der Waals surface area contributed by atoms with Crippen molar-refractivity contribution >= 4 is 34.8 Å². The van der Waals surface area contributed by atoms with Gasteiger partial charge in [-0.15, -0.1) is 0 Å². The zero-order chi connectivity index (χ0) is 13.7. The molecule has 6 heteroatoms. The van der Waals surface area contributed by atoms with Crippen LogP contribution in [-0.2, 0) is 0 Å². The maximum absolute atomic E-state index is 9.05. The maximum atomic E-state index is 9.05. The summed E-state index contributed by atoms with van der Waals surface area (Å²) in [7, 11) is 1.75. The lowest BCUT2D eigenvalue weighted by Gasteiger charge is -2.23. The molecule has 0 saturated carbocycles. The van der Waals surface area contributed by atoms with Crippen molar-refractivity contribution in [2.45, 2.75) is 26.3 Å². The summed E-state index contributed by atoms with van der Waals surface area (Å²) in [5.74, 6) is 1.52. The second-order valence-electron chi connectivity index (χ2n) is 4.41. The number of hydrogen-bond acceptors (Lipinski definition) is 4. The van der Waals surface area contributed by atoms with E-state index in [1.807, 2.05) is 0 Å². The lowest BCUT2D eigenvalue weighted by atomic mass is 10.0. The van der Waals surface area contributed by atoms with E-state index in [9.17, 15) is 0 Å². The van der Waals surface area contributed by atoms with E-state index >= 15 is 0 Å². The number of nitrogens with one attached hydrogen (secondary N) is 2. The van der Waals surface area contributed by atoms with Gasteiger partial charge in [-0.3, -0.25) is 0 Å². The second-order valence-corrected chi connectivity index (χ2v) is 5.22. The van der Waals surface area contributed by atoms with Gasteiger partial charge in [-0.05, 0) is 18.4 Å². The van der Waals surface area contributed by atoms with Crippen LogP contribution in [0.2, 0.25) is 10.0 Å². The van der Waals surface area contributed by atoms with Crippen LogP contribution in [-0.4, -0.2) is 29.8 Å². The van der Waals surface area contributed by atoms with Gasteiger partial charge in [0.2, 0.25) is 0 Å². The normalized spacial score (nSPS) is 12.6. The summed E-state index contributed by atoms with van der Waals surface area (Å²) in [5.41, 5.74) is 0. The first-order chi connectivity index (χ1) is 8.49. The van der Waals surface area contributed by atoms with Crippen LogP contribution in [0.25, 0.3) is 0 Å². The number of anilines is 2. The number of aliphatic hydroxyl groups is 1. The Kier molecular flexibility index (Phi) is 5.99. The Morgan fingerprint density at radius 2 is 1.89 bits per heavy atom. The minimum absolute atomic E-state index is 0.117. The van der Waals surface area contributed by atoms with Crippen molar-refractivity contribution in [2.75, 3.05) is 24.3 Å². The van der Waals surface area contributed by atoms with Crippen LogP contribution >= 0.6 is 23.2 Å². The molecule has 0 aliphatic heterocycles. The molecular formula is C12H19Cl2N3O. The first kappa shape index (κ1) is 15.3. The molecule has 3 N–H and O–H groups in total. The summed E-state index contributed by atoms with van der Waals surface area (Å²) in [5, 5.41) is 16.2. The van der Waals surface area contributed by atoms with E-state index in [0.717, 1.165) is 0 Å². The first-order valence-corrected chi connectivity index (χ1v) is 6.66. The molecule has 0 amide bonds. The van der Waals surface area contributed by atoms with Crippen LogP contribution in [0.5, 0.6) is 0 Å². The van der Waals surface area contributed by atoms with Gasteiger partial charge in [0.15, 0.2) is 0 Å². The highest BCUT2D eigenvalue weighted by Crippen LogP contribution is 2.30. The van der Waals surface area contributed by atoms with Crippen molar-refractivity contribution in [3.8, 4) is 0 Å². The van der Waals surface area contributed by atoms with Crippen molar-refractivity contribution in [3.05, 3.63) is 16.1 Å². The largest absolute Gasteiger partial charge is 0.396 e. The number of pyridine rings is 1. The zero-order valence-corrected chi connectivity index (χ0v) is 12.3. The van der Waals surface area contributed by atoms with Gasteiger partial charge in [0.1, 0.15) is 11.6 Å². The molecule has 0 fully saturated rings. The van der Waals surface area contributed by atoms with Crippen LogP contribution < -0.4 is 10.6 Å². The van der Waals surface area contributed by atoms with Gasteiger partial charge in [-0.2, -0.15) is 0 Å². The molecule has 1 rings (SSSR count). The Morgan fingerprint density at radius 3 is 2.39 bits per heavy atom. The summed E-state index contributed by atoms with van der Waals surface area (Å²) < 4.78 is 0. The lowest BCUT2D eigenvalue weighted by molar-refractivity contribution is 0.267. The molecule has 4 nitrogen and oxygen atoms in total. The van der Waals surface area contributed by atoms with Gasteiger partial charge < -0.3 is 15.7 Å². The van der Waals surface area contributed by atoms with Crippen molar-refractivity contribution in [1.82, 2.24) is 4.98 Å². The molecule has 0 radical (unpaired) electrons. The Labute approximate surface area is 118 Å². The second kappa shape index (κ2) is 7.02. The van der Waals surface area contributed by atoms with E-state index in [2.05, 4.69) is 29.5 Å². The molecule has 1 unspecified atom stereocenters. The number of halogens is 2. The first-order valence-electron chi connectivity index (χ1n) is 5.90. The SMILES string of the molecule is CNc1nc(NC(CCO)C(C)C)c(Cl)cc1Cl. The fourth-order valence-corrected chi connectivity index (χ4v) is 2.14. The predicted molar refractivity (Wildman–Crippen MR) is 77.8 cm³/mol.